The molecule has 1 aliphatic carbocycles. The summed E-state index contributed by atoms with van der Waals surface area (Å²) in [5, 5.41) is 13.2. The van der Waals surface area contributed by atoms with E-state index in [0.717, 1.165) is 23.3 Å². The van der Waals surface area contributed by atoms with E-state index in [1.807, 2.05) is 18.2 Å². The number of hydrogen-bond acceptors (Lipinski definition) is 14. The fourth-order valence-corrected chi connectivity index (χ4v) is 8.63. The maximum Gasteiger partial charge on any atom is 0.331 e. The third-order valence-corrected chi connectivity index (χ3v) is 12.3. The van der Waals surface area contributed by atoms with Gasteiger partial charge < -0.3 is 19.7 Å². The molecule has 0 radical (unpaired) electrons. The van der Waals surface area contributed by atoms with Crippen LogP contribution in [0.25, 0.3) is 23.2 Å². The molecule has 2 N–H and O–H groups in total. The Balaban J connectivity index is 0.000000190. The van der Waals surface area contributed by atoms with Crippen molar-refractivity contribution in [3.05, 3.63) is 149 Å². The quantitative estimate of drug-likeness (QED) is 0.0883. The number of amides is 2. The van der Waals surface area contributed by atoms with Gasteiger partial charge in [-0.25, -0.2) is 18.4 Å². The van der Waals surface area contributed by atoms with Crippen LogP contribution in [0.2, 0.25) is 0 Å². The topological polar surface area (TPSA) is 250 Å². The number of pyridine rings is 2. The minimum absolute atomic E-state index is 0.0143. The summed E-state index contributed by atoms with van der Waals surface area (Å²) >= 11 is 0. The molecule has 1 saturated carbocycles. The first kappa shape index (κ1) is 49.6. The van der Waals surface area contributed by atoms with Gasteiger partial charge >= 0.3 is 11.4 Å². The highest BCUT2D eigenvalue weighted by molar-refractivity contribution is 5.97. The number of alkyl halides is 2. The number of hydrogen-bond donors (Lipinski definition) is 2. The summed E-state index contributed by atoms with van der Waals surface area (Å²) in [5.74, 6) is 1.42. The fourth-order valence-electron chi connectivity index (χ4n) is 8.63. The van der Waals surface area contributed by atoms with Crippen LogP contribution in [0, 0.1) is 5.92 Å². The first-order chi connectivity index (χ1) is 34.4. The van der Waals surface area contributed by atoms with Gasteiger partial charge in [0.25, 0.3) is 34.7 Å². The third kappa shape index (κ3) is 12.2. The SMILES string of the molecule is C=C1Cc2c(n(CCCC3CC3)c(=O)n(CCCCc3noc(-c4ccccn4)n3)c2=O)C(=O)N1.C=C1Cc2c(n(CCCCC(F)F)c(=O)n(CCCCc3noc(-c4ccccn4)n3)c2=O)C(=O)N1. The Morgan fingerprint density at radius 1 is 0.606 bits per heavy atom. The lowest BCUT2D eigenvalue weighted by Gasteiger charge is -2.23. The molecule has 0 saturated heterocycles. The van der Waals surface area contributed by atoms with Gasteiger partial charge in [-0.2, -0.15) is 9.97 Å². The fraction of sp³-hybridized carbons (Fsp3) is 0.429. The third-order valence-electron chi connectivity index (χ3n) is 12.3. The minimum atomic E-state index is -2.43. The highest BCUT2D eigenvalue weighted by atomic mass is 19.3. The second-order valence-electron chi connectivity index (χ2n) is 17.8. The van der Waals surface area contributed by atoms with Crippen molar-refractivity contribution in [2.45, 2.75) is 129 Å². The Kier molecular flexibility index (Phi) is 15.9. The Labute approximate surface area is 404 Å². The van der Waals surface area contributed by atoms with E-state index in [-0.39, 0.29) is 68.7 Å². The Morgan fingerprint density at radius 2 is 1.06 bits per heavy atom. The number of rotatable bonds is 21. The Morgan fingerprint density at radius 3 is 1.49 bits per heavy atom. The number of unbranched alkanes of at least 4 members (excludes halogenated alkanes) is 3. The molecule has 20 nitrogen and oxygen atoms in total. The van der Waals surface area contributed by atoms with E-state index < -0.39 is 40.7 Å². The molecular weight excluding hydrogens is 923 g/mol. The minimum Gasteiger partial charge on any atom is -0.332 e. The lowest BCUT2D eigenvalue weighted by Crippen LogP contribution is -2.48. The maximum atomic E-state index is 13.3. The van der Waals surface area contributed by atoms with Crippen molar-refractivity contribution in [3.8, 4) is 23.2 Å². The number of fused-ring (bicyclic) bond motifs is 2. The first-order valence-corrected chi connectivity index (χ1v) is 23.8. The lowest BCUT2D eigenvalue weighted by molar-refractivity contribution is 0.0937. The summed E-state index contributed by atoms with van der Waals surface area (Å²) in [5.41, 5.74) is 0.723. The molecule has 22 heteroatoms. The van der Waals surface area contributed by atoms with E-state index in [0.29, 0.717) is 96.8 Å². The monoisotopic (exact) mass is 976 g/mol. The molecule has 71 heavy (non-hydrogen) atoms. The summed E-state index contributed by atoms with van der Waals surface area (Å²) in [4.78, 5) is 95.0. The molecule has 2 amide bonds. The number of halogens is 2. The van der Waals surface area contributed by atoms with Crippen LogP contribution in [-0.4, -0.2) is 66.8 Å². The summed E-state index contributed by atoms with van der Waals surface area (Å²) in [6.07, 6.45) is 8.98. The van der Waals surface area contributed by atoms with Crippen LogP contribution in [0.1, 0.15) is 114 Å². The van der Waals surface area contributed by atoms with E-state index in [9.17, 15) is 37.5 Å². The van der Waals surface area contributed by atoms with E-state index in [1.165, 1.54) is 26.5 Å². The number of aryl methyl sites for hydroxylation is 2. The van der Waals surface area contributed by atoms with Gasteiger partial charge in [-0.3, -0.25) is 47.4 Å². The van der Waals surface area contributed by atoms with Crippen LogP contribution < -0.4 is 33.1 Å². The smallest absolute Gasteiger partial charge is 0.331 e. The second kappa shape index (κ2) is 22.8. The van der Waals surface area contributed by atoms with Crippen molar-refractivity contribution in [3.63, 3.8) is 0 Å². The van der Waals surface area contributed by atoms with Crippen LogP contribution in [0.15, 0.2) is 102 Å². The highest BCUT2D eigenvalue weighted by Crippen LogP contribution is 2.33. The van der Waals surface area contributed by atoms with Gasteiger partial charge in [0.05, 0.1) is 11.1 Å². The van der Waals surface area contributed by atoms with Crippen molar-refractivity contribution >= 4 is 11.8 Å². The standard InChI is InChI=1S/C25H28N6O4.C24H26F2N6O4/c1-16-15-18-21(22(32)27-16)30(14-6-7-17-10-11-17)25(34)31(24(18)33)13-5-3-9-20-28-23(35-29-20)19-8-2-4-12-26-19;1-15-14-16-20(21(33)28-15)31(12-6-3-9-18(25)26)24(35)32(23(16)34)13-7-4-10-19-29-22(36-30-19)17-8-2-5-11-27-17/h2,4,8,12,17H,1,3,5-7,9-11,13-15H2,(H,27,32);2,5,8,11,18H,1,3-4,6-7,9-10,12-14H2,(H,28,33). The van der Waals surface area contributed by atoms with E-state index >= 15 is 0 Å². The highest BCUT2D eigenvalue weighted by Gasteiger charge is 2.30. The predicted molar refractivity (Wildman–Crippen MR) is 253 cm³/mol. The first-order valence-electron chi connectivity index (χ1n) is 23.8. The summed E-state index contributed by atoms with van der Waals surface area (Å²) in [7, 11) is 0. The van der Waals surface area contributed by atoms with Crippen LogP contribution in [0.5, 0.6) is 0 Å². The molecule has 372 valence electrons. The van der Waals surface area contributed by atoms with Gasteiger partial charge in [0.15, 0.2) is 11.6 Å². The van der Waals surface area contributed by atoms with Gasteiger partial charge in [0.2, 0.25) is 6.43 Å². The largest absolute Gasteiger partial charge is 0.332 e. The molecule has 2 aliphatic heterocycles. The Bertz CT molecular complexity index is 3150. The van der Waals surface area contributed by atoms with Crippen molar-refractivity contribution in [2.24, 2.45) is 5.92 Å². The predicted octanol–water partition coefficient (Wildman–Crippen LogP) is 5.18. The summed E-state index contributed by atoms with van der Waals surface area (Å²) in [6, 6.07) is 10.8. The molecule has 3 aliphatic rings. The van der Waals surface area contributed by atoms with Gasteiger partial charge in [-0.15, -0.1) is 0 Å². The molecule has 0 unspecified atom stereocenters. The zero-order valence-electron chi connectivity index (χ0n) is 39.1. The van der Waals surface area contributed by atoms with Gasteiger partial charge in [-0.05, 0) is 81.5 Å². The second-order valence-corrected chi connectivity index (χ2v) is 17.8. The lowest BCUT2D eigenvalue weighted by atomic mass is 10.0. The van der Waals surface area contributed by atoms with Crippen molar-refractivity contribution in [2.75, 3.05) is 0 Å². The molecule has 0 bridgehead atoms. The number of carbonyl (C=O) groups is 2. The molecule has 1 fully saturated rings. The molecule has 9 rings (SSSR count). The average molecular weight is 977 g/mol. The molecule has 0 aromatic carbocycles. The van der Waals surface area contributed by atoms with Gasteiger partial charge in [-0.1, -0.05) is 48.4 Å². The van der Waals surface area contributed by atoms with Crippen molar-refractivity contribution in [1.29, 1.82) is 0 Å². The van der Waals surface area contributed by atoms with E-state index in [1.54, 1.807) is 30.6 Å². The van der Waals surface area contributed by atoms with Crippen LogP contribution in [-0.2, 0) is 51.9 Å². The molecule has 6 aromatic heterocycles. The molecule has 0 atom stereocenters. The average Bonchev–Trinajstić information content (AvgIpc) is 3.84. The van der Waals surface area contributed by atoms with Crippen molar-refractivity contribution in [1.82, 2.24) is 59.2 Å². The zero-order chi connectivity index (χ0) is 50.0. The Hall–Kier alpha value is -7.78. The van der Waals surface area contributed by atoms with E-state index in [2.05, 4.69) is 54.0 Å². The number of aromatic nitrogens is 10. The normalized spacial score (nSPS) is 14.2. The van der Waals surface area contributed by atoms with Crippen LogP contribution in [0.4, 0.5) is 8.78 Å². The number of allylic oxidation sites excluding steroid dienone is 2. The van der Waals surface area contributed by atoms with Gasteiger partial charge in [0, 0.05) is 82.1 Å². The van der Waals surface area contributed by atoms with E-state index in [4.69, 9.17) is 9.05 Å². The molecule has 6 aromatic rings. The van der Waals surface area contributed by atoms with Crippen LogP contribution in [0.3, 0.4) is 0 Å². The van der Waals surface area contributed by atoms with Crippen LogP contribution >= 0.6 is 0 Å². The number of nitrogens with zero attached hydrogens (tertiary/aromatic N) is 10. The number of nitrogens with one attached hydrogen (secondary N) is 2. The molecule has 0 spiro atoms. The zero-order valence-corrected chi connectivity index (χ0v) is 39.1. The number of carbonyl (C=O) groups excluding carboxylic acids is 2. The van der Waals surface area contributed by atoms with Gasteiger partial charge in [0.1, 0.15) is 22.8 Å². The van der Waals surface area contributed by atoms with Crippen molar-refractivity contribution < 1.29 is 27.4 Å². The molecular formula is C49H54F2N12O8. The summed E-state index contributed by atoms with van der Waals surface area (Å²) in [6.45, 7) is 8.43. The maximum absolute atomic E-state index is 13.3. The molecule has 8 heterocycles. The summed E-state index contributed by atoms with van der Waals surface area (Å²) < 4.78 is 40.6.